The molecule has 21 heavy (non-hydrogen) atoms. The molecule has 0 aliphatic carbocycles. The standard InChI is InChI=1S/C13H14F3N5/c1-2-8-11(18-7-19-12(8)21-17)20-10-6-4-3-5-9(10)13(14,15)16/h3-7H,2,17H2,1H3,(H2,18,19,20,21). The van der Waals surface area contributed by atoms with E-state index >= 15 is 0 Å². The summed E-state index contributed by atoms with van der Waals surface area (Å²) in [4.78, 5) is 7.92. The van der Waals surface area contributed by atoms with E-state index in [1.165, 1.54) is 24.5 Å². The van der Waals surface area contributed by atoms with E-state index in [1.807, 2.05) is 6.92 Å². The Balaban J connectivity index is 2.44. The number of nitrogens with one attached hydrogen (secondary N) is 2. The summed E-state index contributed by atoms with van der Waals surface area (Å²) in [5.74, 6) is 6.00. The van der Waals surface area contributed by atoms with Crippen LogP contribution in [0.1, 0.15) is 18.1 Å². The summed E-state index contributed by atoms with van der Waals surface area (Å²) >= 11 is 0. The molecule has 0 atom stereocenters. The van der Waals surface area contributed by atoms with Crippen molar-refractivity contribution >= 4 is 17.3 Å². The van der Waals surface area contributed by atoms with Gasteiger partial charge in [0.1, 0.15) is 18.0 Å². The number of hydrogen-bond donors (Lipinski definition) is 3. The third-order valence-corrected chi connectivity index (χ3v) is 2.92. The number of benzene rings is 1. The van der Waals surface area contributed by atoms with Crippen molar-refractivity contribution in [3.8, 4) is 0 Å². The number of hydrogen-bond acceptors (Lipinski definition) is 5. The fraction of sp³-hybridized carbons (Fsp3) is 0.231. The predicted molar refractivity (Wildman–Crippen MR) is 73.9 cm³/mol. The molecule has 2 rings (SSSR count). The molecule has 0 saturated carbocycles. The zero-order chi connectivity index (χ0) is 15.5. The van der Waals surface area contributed by atoms with E-state index in [-0.39, 0.29) is 11.5 Å². The molecule has 0 aliphatic heterocycles. The predicted octanol–water partition coefficient (Wildman–Crippen LogP) is 3.09. The molecule has 0 unspecified atom stereocenters. The van der Waals surface area contributed by atoms with E-state index in [0.717, 1.165) is 6.07 Å². The highest BCUT2D eigenvalue weighted by molar-refractivity contribution is 5.67. The van der Waals surface area contributed by atoms with E-state index in [0.29, 0.717) is 17.8 Å². The van der Waals surface area contributed by atoms with Gasteiger partial charge in [0.2, 0.25) is 0 Å². The second kappa shape index (κ2) is 5.96. The zero-order valence-corrected chi connectivity index (χ0v) is 11.2. The molecular weight excluding hydrogens is 283 g/mol. The van der Waals surface area contributed by atoms with Crippen molar-refractivity contribution in [1.82, 2.24) is 9.97 Å². The largest absolute Gasteiger partial charge is 0.418 e. The van der Waals surface area contributed by atoms with Crippen LogP contribution in [-0.4, -0.2) is 9.97 Å². The molecule has 1 aromatic heterocycles. The average molecular weight is 297 g/mol. The Morgan fingerprint density at radius 1 is 1.14 bits per heavy atom. The van der Waals surface area contributed by atoms with Crippen molar-refractivity contribution in [2.24, 2.45) is 5.84 Å². The first-order valence-corrected chi connectivity index (χ1v) is 6.21. The highest BCUT2D eigenvalue weighted by Crippen LogP contribution is 2.36. The summed E-state index contributed by atoms with van der Waals surface area (Å²) < 4.78 is 38.9. The van der Waals surface area contributed by atoms with Crippen LogP contribution in [0.5, 0.6) is 0 Å². The number of alkyl halides is 3. The molecule has 0 amide bonds. The smallest absolute Gasteiger partial charge is 0.339 e. The first-order chi connectivity index (χ1) is 9.97. The molecule has 0 radical (unpaired) electrons. The first kappa shape index (κ1) is 15.0. The number of anilines is 3. The second-order valence-corrected chi connectivity index (χ2v) is 4.22. The van der Waals surface area contributed by atoms with E-state index in [2.05, 4.69) is 20.7 Å². The minimum atomic E-state index is -4.45. The van der Waals surface area contributed by atoms with Gasteiger partial charge < -0.3 is 10.7 Å². The third-order valence-electron chi connectivity index (χ3n) is 2.92. The van der Waals surface area contributed by atoms with Gasteiger partial charge in [-0.1, -0.05) is 19.1 Å². The first-order valence-electron chi connectivity index (χ1n) is 6.21. The fourth-order valence-electron chi connectivity index (χ4n) is 1.95. The Labute approximate surface area is 119 Å². The quantitative estimate of drug-likeness (QED) is 0.597. The van der Waals surface area contributed by atoms with Crippen molar-refractivity contribution in [2.75, 3.05) is 10.7 Å². The number of nitrogens with zero attached hydrogens (tertiary/aromatic N) is 2. The Morgan fingerprint density at radius 3 is 2.43 bits per heavy atom. The molecule has 4 N–H and O–H groups in total. The second-order valence-electron chi connectivity index (χ2n) is 4.22. The van der Waals surface area contributed by atoms with Crippen molar-refractivity contribution in [3.05, 3.63) is 41.7 Å². The molecule has 0 spiro atoms. The van der Waals surface area contributed by atoms with Gasteiger partial charge in [0, 0.05) is 5.56 Å². The van der Waals surface area contributed by atoms with Crippen LogP contribution in [0.15, 0.2) is 30.6 Å². The van der Waals surface area contributed by atoms with Gasteiger partial charge in [0.25, 0.3) is 0 Å². The highest BCUT2D eigenvalue weighted by atomic mass is 19.4. The molecule has 5 nitrogen and oxygen atoms in total. The molecule has 8 heteroatoms. The van der Waals surface area contributed by atoms with Crippen LogP contribution < -0.4 is 16.6 Å². The Morgan fingerprint density at radius 2 is 1.81 bits per heavy atom. The third kappa shape index (κ3) is 3.22. The topological polar surface area (TPSA) is 75.9 Å². The molecular formula is C13H14F3N5. The number of hydrazine groups is 1. The number of halogens is 3. The maximum Gasteiger partial charge on any atom is 0.418 e. The number of nitrogens with two attached hydrogens (primary N) is 1. The lowest BCUT2D eigenvalue weighted by atomic mass is 10.1. The van der Waals surface area contributed by atoms with Crippen molar-refractivity contribution in [2.45, 2.75) is 19.5 Å². The van der Waals surface area contributed by atoms with E-state index in [9.17, 15) is 13.2 Å². The summed E-state index contributed by atoms with van der Waals surface area (Å²) in [7, 11) is 0. The molecule has 2 aromatic rings. The Bertz CT molecular complexity index is 627. The summed E-state index contributed by atoms with van der Waals surface area (Å²) in [6.07, 6.45) is -2.71. The van der Waals surface area contributed by atoms with Crippen LogP contribution in [-0.2, 0) is 12.6 Å². The monoisotopic (exact) mass is 297 g/mol. The normalized spacial score (nSPS) is 11.3. The molecule has 112 valence electrons. The highest BCUT2D eigenvalue weighted by Gasteiger charge is 2.33. The van der Waals surface area contributed by atoms with Gasteiger partial charge in [-0.3, -0.25) is 0 Å². The molecule has 0 fully saturated rings. The van der Waals surface area contributed by atoms with Gasteiger partial charge in [-0.05, 0) is 18.6 Å². The summed E-state index contributed by atoms with van der Waals surface area (Å²) in [6, 6.07) is 5.21. The van der Waals surface area contributed by atoms with Gasteiger partial charge in [-0.15, -0.1) is 0 Å². The van der Waals surface area contributed by atoms with Crippen LogP contribution >= 0.6 is 0 Å². The summed E-state index contributed by atoms with van der Waals surface area (Å²) in [6.45, 7) is 1.83. The summed E-state index contributed by atoms with van der Waals surface area (Å²) in [5, 5.41) is 2.71. The van der Waals surface area contributed by atoms with E-state index < -0.39 is 11.7 Å². The van der Waals surface area contributed by atoms with E-state index in [4.69, 9.17) is 5.84 Å². The van der Waals surface area contributed by atoms with Gasteiger partial charge in [0.05, 0.1) is 11.3 Å². The Hall–Kier alpha value is -2.35. The van der Waals surface area contributed by atoms with Crippen LogP contribution in [0.4, 0.5) is 30.5 Å². The molecule has 1 aromatic carbocycles. The van der Waals surface area contributed by atoms with Crippen LogP contribution in [0.2, 0.25) is 0 Å². The number of nitrogen functional groups attached to an aromatic ring is 1. The maximum absolute atomic E-state index is 13.0. The van der Waals surface area contributed by atoms with Crippen molar-refractivity contribution in [1.29, 1.82) is 0 Å². The SMILES string of the molecule is CCc1c(NN)ncnc1Nc1ccccc1C(F)(F)F. The zero-order valence-electron chi connectivity index (χ0n) is 11.2. The minimum Gasteiger partial charge on any atom is -0.339 e. The molecule has 1 heterocycles. The van der Waals surface area contributed by atoms with Crippen molar-refractivity contribution in [3.63, 3.8) is 0 Å². The number of para-hydroxylation sites is 1. The molecule has 0 bridgehead atoms. The van der Waals surface area contributed by atoms with Crippen molar-refractivity contribution < 1.29 is 13.2 Å². The van der Waals surface area contributed by atoms with Crippen LogP contribution in [0.3, 0.4) is 0 Å². The summed E-state index contributed by atoms with van der Waals surface area (Å²) in [5.41, 5.74) is 2.19. The number of rotatable bonds is 4. The van der Waals surface area contributed by atoms with Gasteiger partial charge in [0.15, 0.2) is 0 Å². The van der Waals surface area contributed by atoms with Gasteiger partial charge >= 0.3 is 6.18 Å². The Kier molecular flexibility index (Phi) is 4.27. The van der Waals surface area contributed by atoms with Crippen LogP contribution in [0.25, 0.3) is 0 Å². The van der Waals surface area contributed by atoms with Gasteiger partial charge in [-0.2, -0.15) is 13.2 Å². The van der Waals surface area contributed by atoms with Crippen LogP contribution in [0, 0.1) is 0 Å². The lowest BCUT2D eigenvalue weighted by Gasteiger charge is -2.16. The number of aromatic nitrogens is 2. The van der Waals surface area contributed by atoms with E-state index in [1.54, 1.807) is 0 Å². The lowest BCUT2D eigenvalue weighted by Crippen LogP contribution is -2.14. The molecule has 0 saturated heterocycles. The average Bonchev–Trinajstić information content (AvgIpc) is 2.46. The molecule has 0 aliphatic rings. The fourth-order valence-corrected chi connectivity index (χ4v) is 1.95. The lowest BCUT2D eigenvalue weighted by molar-refractivity contribution is -0.136. The minimum absolute atomic E-state index is 0.0682. The maximum atomic E-state index is 13.0. The van der Waals surface area contributed by atoms with Gasteiger partial charge in [-0.25, -0.2) is 15.8 Å².